The topological polar surface area (TPSA) is 90.4 Å². The monoisotopic (exact) mass is 501 g/mol. The number of hydrogen-bond acceptors (Lipinski definition) is 6. The van der Waals surface area contributed by atoms with Crippen molar-refractivity contribution in [3.63, 3.8) is 0 Å². The molecule has 0 unspecified atom stereocenters. The molecule has 180 valence electrons. The van der Waals surface area contributed by atoms with Crippen LogP contribution in [0.25, 0.3) is 23.3 Å². The Morgan fingerprint density at radius 2 is 1.74 bits per heavy atom. The molecule has 0 aliphatic carbocycles. The number of rotatable bonds is 7. The average molecular weight is 502 g/mol. The molecule has 9 heteroatoms. The van der Waals surface area contributed by atoms with Gasteiger partial charge in [0.05, 0.1) is 43.1 Å². The van der Waals surface area contributed by atoms with Crippen molar-refractivity contribution in [2.75, 3.05) is 25.2 Å². The Balaban J connectivity index is 2.11. The van der Waals surface area contributed by atoms with Gasteiger partial charge in [0.15, 0.2) is 0 Å². The molecule has 0 aliphatic heterocycles. The van der Waals surface area contributed by atoms with Gasteiger partial charge in [0.2, 0.25) is 15.9 Å². The fourth-order valence-corrected chi connectivity index (χ4v) is 4.17. The van der Waals surface area contributed by atoms with Crippen LogP contribution in [0.1, 0.15) is 37.6 Å². The van der Waals surface area contributed by atoms with E-state index in [0.29, 0.717) is 22.3 Å². The summed E-state index contributed by atoms with van der Waals surface area (Å²) in [6.45, 7) is 6.35. The van der Waals surface area contributed by atoms with E-state index in [1.165, 1.54) is 6.20 Å². The number of nitrogens with one attached hydrogen (secondary N) is 1. The smallest absolute Gasteiger partial charge is 0.229 e. The molecule has 2 aromatic heterocycles. The highest BCUT2D eigenvalue weighted by Gasteiger charge is 2.23. The Hall–Kier alpha value is -3.10. The zero-order chi connectivity index (χ0) is 25.1. The molecule has 0 atom stereocenters. The van der Waals surface area contributed by atoms with E-state index >= 15 is 0 Å². The highest BCUT2D eigenvalue weighted by molar-refractivity contribution is 7.92. The van der Waals surface area contributed by atoms with Crippen molar-refractivity contribution < 1.29 is 17.9 Å². The van der Waals surface area contributed by atoms with E-state index in [2.05, 4.69) is 41.5 Å². The molecule has 0 saturated carbocycles. The second kappa shape index (κ2) is 10.0. The number of benzene rings is 1. The van der Waals surface area contributed by atoms with Crippen LogP contribution < -0.4 is 14.2 Å². The van der Waals surface area contributed by atoms with Gasteiger partial charge in [0.1, 0.15) is 5.75 Å². The lowest BCUT2D eigenvalue weighted by atomic mass is 9.83. The molecule has 0 radical (unpaired) electrons. The lowest BCUT2D eigenvalue weighted by Crippen LogP contribution is -2.14. The number of sulfonamides is 1. The van der Waals surface area contributed by atoms with Crippen LogP contribution in [0.3, 0.4) is 0 Å². The molecule has 34 heavy (non-hydrogen) atoms. The summed E-state index contributed by atoms with van der Waals surface area (Å²) < 4.78 is 36.5. The first kappa shape index (κ1) is 25.5. The van der Waals surface area contributed by atoms with E-state index < -0.39 is 10.0 Å². The van der Waals surface area contributed by atoms with Crippen LogP contribution in [-0.4, -0.2) is 38.9 Å². The molecule has 0 amide bonds. The predicted octanol–water partition coefficient (Wildman–Crippen LogP) is 5.65. The average Bonchev–Trinajstić information content (AvgIpc) is 2.76. The quantitative estimate of drug-likeness (QED) is 0.449. The molecule has 0 spiro atoms. The van der Waals surface area contributed by atoms with Gasteiger partial charge in [0.25, 0.3) is 0 Å². The van der Waals surface area contributed by atoms with Gasteiger partial charge in [-0.15, -0.1) is 0 Å². The van der Waals surface area contributed by atoms with Gasteiger partial charge in [0, 0.05) is 22.9 Å². The summed E-state index contributed by atoms with van der Waals surface area (Å²) >= 11 is 6.24. The summed E-state index contributed by atoms with van der Waals surface area (Å²) in [5.74, 6) is 1.22. The van der Waals surface area contributed by atoms with Crippen LogP contribution in [0.5, 0.6) is 11.6 Å². The molecule has 0 saturated heterocycles. The number of hydrogen-bond donors (Lipinski definition) is 1. The van der Waals surface area contributed by atoms with Gasteiger partial charge in [-0.3, -0.25) is 9.71 Å². The Labute approximate surface area is 205 Å². The fourth-order valence-electron chi connectivity index (χ4n) is 3.47. The largest absolute Gasteiger partial charge is 0.496 e. The van der Waals surface area contributed by atoms with Gasteiger partial charge in [-0.05, 0) is 53.5 Å². The molecule has 0 aliphatic rings. The van der Waals surface area contributed by atoms with Crippen molar-refractivity contribution in [3.05, 3.63) is 64.6 Å². The van der Waals surface area contributed by atoms with Crippen LogP contribution >= 0.6 is 11.6 Å². The van der Waals surface area contributed by atoms with Crippen molar-refractivity contribution in [1.82, 2.24) is 9.97 Å². The summed E-state index contributed by atoms with van der Waals surface area (Å²) in [5, 5.41) is 0.507. The second-order valence-corrected chi connectivity index (χ2v) is 11.0. The van der Waals surface area contributed by atoms with Gasteiger partial charge in [-0.25, -0.2) is 13.4 Å². The van der Waals surface area contributed by atoms with E-state index in [1.54, 1.807) is 32.5 Å². The van der Waals surface area contributed by atoms with E-state index in [1.807, 2.05) is 24.3 Å². The highest BCUT2D eigenvalue weighted by Crippen LogP contribution is 2.41. The van der Waals surface area contributed by atoms with Gasteiger partial charge in [-0.1, -0.05) is 32.4 Å². The Kier molecular flexibility index (Phi) is 7.53. The zero-order valence-corrected chi connectivity index (χ0v) is 21.6. The lowest BCUT2D eigenvalue weighted by Gasteiger charge is -2.25. The van der Waals surface area contributed by atoms with Crippen LogP contribution in [-0.2, 0) is 15.4 Å². The number of anilines is 1. The van der Waals surface area contributed by atoms with Crippen LogP contribution in [0.2, 0.25) is 5.02 Å². The predicted molar refractivity (Wildman–Crippen MR) is 138 cm³/mol. The first-order valence-electron chi connectivity index (χ1n) is 10.5. The van der Waals surface area contributed by atoms with Crippen molar-refractivity contribution >= 4 is 39.5 Å². The van der Waals surface area contributed by atoms with Crippen molar-refractivity contribution in [3.8, 4) is 22.8 Å². The van der Waals surface area contributed by atoms with Gasteiger partial charge >= 0.3 is 0 Å². The Bertz CT molecular complexity index is 1320. The van der Waals surface area contributed by atoms with Crippen molar-refractivity contribution in [2.45, 2.75) is 26.2 Å². The fraction of sp³-hybridized carbons (Fsp3) is 0.280. The van der Waals surface area contributed by atoms with Crippen molar-refractivity contribution in [2.24, 2.45) is 0 Å². The summed E-state index contributed by atoms with van der Waals surface area (Å²) in [5.41, 5.74) is 4.35. The summed E-state index contributed by atoms with van der Waals surface area (Å²) in [4.78, 5) is 8.62. The first-order valence-corrected chi connectivity index (χ1v) is 12.7. The molecule has 1 aromatic carbocycles. The normalized spacial score (nSPS) is 12.1. The standard InChI is InChI=1S/C25H28ClN3O4S/c1-25(2,3)22-12-17(21-13-18(26)14-28-24(21)33-5)11-16(23(22)32-4)7-8-19-9-10-20(15-27-19)29-34(6,30)31/h7-15,29H,1-6H3. The minimum atomic E-state index is -3.36. The maximum atomic E-state index is 11.4. The van der Waals surface area contributed by atoms with E-state index in [0.717, 1.165) is 34.3 Å². The number of pyridine rings is 2. The van der Waals surface area contributed by atoms with Gasteiger partial charge in [-0.2, -0.15) is 0 Å². The minimum Gasteiger partial charge on any atom is -0.496 e. The third-order valence-electron chi connectivity index (χ3n) is 4.98. The Morgan fingerprint density at radius 3 is 2.29 bits per heavy atom. The SMILES string of the molecule is COc1ncc(Cl)cc1-c1cc(C=Cc2ccc(NS(C)(=O)=O)cn2)c(OC)c(C(C)(C)C)c1. The summed E-state index contributed by atoms with van der Waals surface area (Å²) in [6, 6.07) is 9.26. The number of aromatic nitrogens is 2. The minimum absolute atomic E-state index is 0.208. The maximum Gasteiger partial charge on any atom is 0.229 e. The van der Waals surface area contributed by atoms with E-state index in [4.69, 9.17) is 21.1 Å². The van der Waals surface area contributed by atoms with Crippen LogP contribution in [0.15, 0.2) is 42.7 Å². The Morgan fingerprint density at radius 1 is 1.00 bits per heavy atom. The van der Waals surface area contributed by atoms with Gasteiger partial charge < -0.3 is 9.47 Å². The van der Waals surface area contributed by atoms with E-state index in [-0.39, 0.29) is 5.41 Å². The van der Waals surface area contributed by atoms with E-state index in [9.17, 15) is 8.42 Å². The van der Waals surface area contributed by atoms with Crippen LogP contribution in [0, 0.1) is 0 Å². The highest BCUT2D eigenvalue weighted by atomic mass is 35.5. The molecule has 0 bridgehead atoms. The molecule has 0 fully saturated rings. The summed E-state index contributed by atoms with van der Waals surface area (Å²) in [7, 11) is -0.144. The second-order valence-electron chi connectivity index (χ2n) is 8.79. The molecule has 3 aromatic rings. The number of methoxy groups -OCH3 is 2. The van der Waals surface area contributed by atoms with Crippen LogP contribution in [0.4, 0.5) is 5.69 Å². The number of halogens is 1. The number of ether oxygens (including phenoxy) is 2. The number of nitrogens with zero attached hydrogens (tertiary/aromatic N) is 2. The van der Waals surface area contributed by atoms with Crippen molar-refractivity contribution in [1.29, 1.82) is 0 Å². The first-order chi connectivity index (χ1) is 15.9. The molecule has 1 N–H and O–H groups in total. The molecule has 7 nitrogen and oxygen atoms in total. The molecular formula is C25H28ClN3O4S. The third-order valence-corrected chi connectivity index (χ3v) is 5.79. The molecule has 2 heterocycles. The molecular weight excluding hydrogens is 474 g/mol. The third kappa shape index (κ3) is 6.27. The zero-order valence-electron chi connectivity index (χ0n) is 20.0. The molecule has 3 rings (SSSR count). The lowest BCUT2D eigenvalue weighted by molar-refractivity contribution is 0.396. The maximum absolute atomic E-state index is 11.4. The summed E-state index contributed by atoms with van der Waals surface area (Å²) in [6.07, 6.45) is 7.86.